The van der Waals surface area contributed by atoms with Gasteiger partial charge in [0.25, 0.3) is 0 Å². The first-order valence-electron chi connectivity index (χ1n) is 7.06. The molecule has 2 N–H and O–H groups in total. The van der Waals surface area contributed by atoms with Crippen molar-refractivity contribution < 1.29 is 5.11 Å². The molecular formula is C14H29NO. The van der Waals surface area contributed by atoms with Crippen LogP contribution in [0, 0.1) is 11.8 Å². The van der Waals surface area contributed by atoms with Crippen LogP contribution in [0.15, 0.2) is 0 Å². The molecule has 0 aliphatic heterocycles. The van der Waals surface area contributed by atoms with Crippen molar-refractivity contribution >= 4 is 0 Å². The molecule has 2 nitrogen and oxygen atoms in total. The standard InChI is InChI=1S/C14H29NO/c1-12-5-3-7-14(11-12)8-9-15-13(2)6-4-10-16/h12-16H,3-11H2,1-2H3. The summed E-state index contributed by atoms with van der Waals surface area (Å²) in [4.78, 5) is 0. The predicted octanol–water partition coefficient (Wildman–Crippen LogP) is 2.95. The second kappa shape index (κ2) is 8.08. The largest absolute Gasteiger partial charge is 0.396 e. The Balaban J connectivity index is 2.01. The SMILES string of the molecule is CC1CCCC(CCNC(C)CCCO)C1. The fraction of sp³-hybridized carbons (Fsp3) is 1.00. The maximum absolute atomic E-state index is 8.75. The maximum atomic E-state index is 8.75. The monoisotopic (exact) mass is 227 g/mol. The minimum atomic E-state index is 0.326. The molecule has 3 unspecified atom stereocenters. The minimum absolute atomic E-state index is 0.326. The van der Waals surface area contributed by atoms with Crippen LogP contribution in [0.2, 0.25) is 0 Å². The lowest BCUT2D eigenvalue weighted by Crippen LogP contribution is -2.29. The molecule has 1 aliphatic rings. The molecule has 0 spiro atoms. The van der Waals surface area contributed by atoms with Gasteiger partial charge in [-0.25, -0.2) is 0 Å². The fourth-order valence-electron chi connectivity index (χ4n) is 2.86. The van der Waals surface area contributed by atoms with Gasteiger partial charge in [-0.1, -0.05) is 26.2 Å². The third-order valence-electron chi connectivity index (χ3n) is 3.89. The lowest BCUT2D eigenvalue weighted by Gasteiger charge is -2.27. The molecule has 0 aromatic carbocycles. The molecule has 1 fully saturated rings. The van der Waals surface area contributed by atoms with E-state index in [1.807, 2.05) is 0 Å². The van der Waals surface area contributed by atoms with Crippen LogP contribution in [-0.2, 0) is 0 Å². The van der Waals surface area contributed by atoms with E-state index in [4.69, 9.17) is 5.11 Å². The molecule has 0 heterocycles. The molecule has 3 atom stereocenters. The molecule has 0 radical (unpaired) electrons. The Hall–Kier alpha value is -0.0800. The van der Waals surface area contributed by atoms with Gasteiger partial charge in [0.2, 0.25) is 0 Å². The highest BCUT2D eigenvalue weighted by molar-refractivity contribution is 4.72. The van der Waals surface area contributed by atoms with Gasteiger partial charge in [-0.15, -0.1) is 0 Å². The molecule has 0 bridgehead atoms. The van der Waals surface area contributed by atoms with Gasteiger partial charge in [-0.05, 0) is 51.0 Å². The average Bonchev–Trinajstić information content (AvgIpc) is 2.26. The topological polar surface area (TPSA) is 32.3 Å². The molecule has 0 saturated heterocycles. The molecule has 0 aromatic rings. The smallest absolute Gasteiger partial charge is 0.0431 e. The Kier molecular flexibility index (Phi) is 7.06. The lowest BCUT2D eigenvalue weighted by molar-refractivity contribution is 0.259. The van der Waals surface area contributed by atoms with Crippen LogP contribution in [0.1, 0.15) is 58.8 Å². The highest BCUT2D eigenvalue weighted by Crippen LogP contribution is 2.30. The Morgan fingerprint density at radius 3 is 2.88 bits per heavy atom. The van der Waals surface area contributed by atoms with Crippen molar-refractivity contribution in [2.45, 2.75) is 64.8 Å². The Morgan fingerprint density at radius 1 is 1.38 bits per heavy atom. The number of nitrogens with one attached hydrogen (secondary N) is 1. The third-order valence-corrected chi connectivity index (χ3v) is 3.89. The van der Waals surface area contributed by atoms with E-state index in [9.17, 15) is 0 Å². The van der Waals surface area contributed by atoms with Gasteiger partial charge in [0.1, 0.15) is 0 Å². The van der Waals surface area contributed by atoms with Crippen LogP contribution in [0.3, 0.4) is 0 Å². The van der Waals surface area contributed by atoms with Crippen molar-refractivity contribution in [3.63, 3.8) is 0 Å². The number of aliphatic hydroxyl groups excluding tert-OH is 1. The van der Waals surface area contributed by atoms with Gasteiger partial charge >= 0.3 is 0 Å². The van der Waals surface area contributed by atoms with E-state index in [1.165, 1.54) is 32.1 Å². The van der Waals surface area contributed by atoms with Crippen molar-refractivity contribution in [1.82, 2.24) is 5.32 Å². The van der Waals surface area contributed by atoms with Crippen LogP contribution in [-0.4, -0.2) is 24.3 Å². The molecule has 96 valence electrons. The van der Waals surface area contributed by atoms with Crippen molar-refractivity contribution in [3.05, 3.63) is 0 Å². The summed E-state index contributed by atoms with van der Waals surface area (Å²) in [5.41, 5.74) is 0. The maximum Gasteiger partial charge on any atom is 0.0431 e. The van der Waals surface area contributed by atoms with Gasteiger partial charge in [0.15, 0.2) is 0 Å². The average molecular weight is 227 g/mol. The Labute approximate surface area is 101 Å². The summed E-state index contributed by atoms with van der Waals surface area (Å²) in [6.45, 7) is 6.10. The van der Waals surface area contributed by atoms with Gasteiger partial charge in [0.05, 0.1) is 0 Å². The van der Waals surface area contributed by atoms with E-state index in [2.05, 4.69) is 19.2 Å². The predicted molar refractivity (Wildman–Crippen MR) is 69.5 cm³/mol. The zero-order valence-corrected chi connectivity index (χ0v) is 11.0. The minimum Gasteiger partial charge on any atom is -0.396 e. The number of hydrogen-bond donors (Lipinski definition) is 2. The molecule has 1 saturated carbocycles. The van der Waals surface area contributed by atoms with Gasteiger partial charge in [-0.3, -0.25) is 0 Å². The molecule has 1 aliphatic carbocycles. The zero-order valence-electron chi connectivity index (χ0n) is 11.0. The van der Waals surface area contributed by atoms with Crippen LogP contribution < -0.4 is 5.32 Å². The summed E-state index contributed by atoms with van der Waals surface area (Å²) in [7, 11) is 0. The Morgan fingerprint density at radius 2 is 2.19 bits per heavy atom. The van der Waals surface area contributed by atoms with E-state index in [1.54, 1.807) is 0 Å². The first-order chi connectivity index (χ1) is 7.72. The van der Waals surface area contributed by atoms with E-state index in [0.29, 0.717) is 12.6 Å². The summed E-state index contributed by atoms with van der Waals surface area (Å²) in [6, 6.07) is 0.563. The van der Waals surface area contributed by atoms with Crippen molar-refractivity contribution in [1.29, 1.82) is 0 Å². The summed E-state index contributed by atoms with van der Waals surface area (Å²) < 4.78 is 0. The molecule has 2 heteroatoms. The van der Waals surface area contributed by atoms with Gasteiger partial charge in [-0.2, -0.15) is 0 Å². The van der Waals surface area contributed by atoms with Crippen molar-refractivity contribution in [2.75, 3.05) is 13.2 Å². The zero-order chi connectivity index (χ0) is 11.8. The molecule has 0 aromatic heterocycles. The summed E-state index contributed by atoms with van der Waals surface area (Å²) in [5, 5.41) is 12.3. The first kappa shape index (κ1) is 14.0. The van der Waals surface area contributed by atoms with Gasteiger partial charge in [0, 0.05) is 12.6 Å². The lowest BCUT2D eigenvalue weighted by atomic mass is 9.81. The summed E-state index contributed by atoms with van der Waals surface area (Å²) in [6.07, 6.45) is 9.12. The van der Waals surface area contributed by atoms with E-state index < -0.39 is 0 Å². The normalized spacial score (nSPS) is 27.9. The highest BCUT2D eigenvalue weighted by Gasteiger charge is 2.18. The van der Waals surface area contributed by atoms with E-state index in [0.717, 1.165) is 31.2 Å². The highest BCUT2D eigenvalue weighted by atomic mass is 16.2. The number of hydrogen-bond acceptors (Lipinski definition) is 2. The fourth-order valence-corrected chi connectivity index (χ4v) is 2.86. The second-order valence-corrected chi connectivity index (χ2v) is 5.65. The molecule has 0 amide bonds. The van der Waals surface area contributed by atoms with Crippen LogP contribution in [0.5, 0.6) is 0 Å². The van der Waals surface area contributed by atoms with Crippen LogP contribution in [0.4, 0.5) is 0 Å². The van der Waals surface area contributed by atoms with E-state index in [-0.39, 0.29) is 0 Å². The first-order valence-corrected chi connectivity index (χ1v) is 7.06. The van der Waals surface area contributed by atoms with Crippen LogP contribution in [0.25, 0.3) is 0 Å². The van der Waals surface area contributed by atoms with Crippen molar-refractivity contribution in [3.8, 4) is 0 Å². The quantitative estimate of drug-likeness (QED) is 0.701. The Bertz CT molecular complexity index is 172. The summed E-state index contributed by atoms with van der Waals surface area (Å²) >= 11 is 0. The second-order valence-electron chi connectivity index (χ2n) is 5.65. The number of aliphatic hydroxyl groups is 1. The number of rotatable bonds is 7. The molecule has 16 heavy (non-hydrogen) atoms. The molecule has 1 rings (SSSR count). The summed E-state index contributed by atoms with van der Waals surface area (Å²) in [5.74, 6) is 1.91. The van der Waals surface area contributed by atoms with Gasteiger partial charge < -0.3 is 10.4 Å². The van der Waals surface area contributed by atoms with E-state index >= 15 is 0 Å². The molecular weight excluding hydrogens is 198 g/mol. The van der Waals surface area contributed by atoms with Crippen LogP contribution >= 0.6 is 0 Å². The third kappa shape index (κ3) is 5.86. The van der Waals surface area contributed by atoms with Crippen molar-refractivity contribution in [2.24, 2.45) is 11.8 Å².